The van der Waals surface area contributed by atoms with Crippen molar-refractivity contribution in [3.05, 3.63) is 60.4 Å². The molecule has 3 heterocycles. The van der Waals surface area contributed by atoms with Gasteiger partial charge in [0.05, 0.1) is 11.1 Å². The van der Waals surface area contributed by atoms with E-state index in [0.717, 1.165) is 23.2 Å². The van der Waals surface area contributed by atoms with Crippen molar-refractivity contribution in [3.8, 4) is 0 Å². The Labute approximate surface area is 165 Å². The average molecular weight is 400 g/mol. The number of aromatic nitrogens is 2. The molecule has 0 aliphatic carbocycles. The van der Waals surface area contributed by atoms with Crippen molar-refractivity contribution >= 4 is 28.3 Å². The molecule has 1 amide bonds. The summed E-state index contributed by atoms with van der Waals surface area (Å²) in [5.74, 6) is 0.290. The van der Waals surface area contributed by atoms with Crippen molar-refractivity contribution in [3.63, 3.8) is 0 Å². The first-order valence-electron chi connectivity index (χ1n) is 9.34. The molecule has 8 heteroatoms. The summed E-state index contributed by atoms with van der Waals surface area (Å²) in [4.78, 5) is 22.7. The highest BCUT2D eigenvalue weighted by molar-refractivity contribution is 5.95. The fraction of sp³-hybridized carbons (Fsp3) is 0.286. The van der Waals surface area contributed by atoms with Crippen LogP contribution in [0.4, 0.5) is 24.7 Å². The van der Waals surface area contributed by atoms with Gasteiger partial charge in [-0.25, -0.2) is 4.98 Å². The Hall–Kier alpha value is -3.16. The van der Waals surface area contributed by atoms with Gasteiger partial charge >= 0.3 is 6.18 Å². The highest BCUT2D eigenvalue weighted by Gasteiger charge is 2.31. The van der Waals surface area contributed by atoms with Gasteiger partial charge in [-0.1, -0.05) is 12.1 Å². The third-order valence-corrected chi connectivity index (χ3v) is 5.14. The maximum atomic E-state index is 12.7. The van der Waals surface area contributed by atoms with Gasteiger partial charge in [0.1, 0.15) is 5.82 Å². The van der Waals surface area contributed by atoms with Crippen molar-refractivity contribution in [1.82, 2.24) is 9.97 Å². The Kier molecular flexibility index (Phi) is 5.08. The first kappa shape index (κ1) is 19.2. The van der Waals surface area contributed by atoms with Gasteiger partial charge in [0.2, 0.25) is 5.91 Å². The standard InChI is InChI=1S/C21H19F3N4O/c22-21(23,24)16-4-6-19(26-13-16)28-10-7-15(8-11-28)20(29)27-17-5-3-14-2-1-9-25-18(14)12-17/h1-6,9,12-13,15H,7-8,10-11H2,(H,27,29). The van der Waals surface area contributed by atoms with Gasteiger partial charge in [0.15, 0.2) is 0 Å². The topological polar surface area (TPSA) is 58.1 Å². The summed E-state index contributed by atoms with van der Waals surface area (Å²) >= 11 is 0. The number of nitrogens with zero attached hydrogens (tertiary/aromatic N) is 3. The lowest BCUT2D eigenvalue weighted by Crippen LogP contribution is -2.38. The molecule has 1 fully saturated rings. The SMILES string of the molecule is O=C(Nc1ccc2cccnc2c1)C1CCN(c2ccc(C(F)(F)F)cn2)CC1. The van der Waals surface area contributed by atoms with Crippen LogP contribution in [0.25, 0.3) is 10.9 Å². The fourth-order valence-corrected chi connectivity index (χ4v) is 3.50. The van der Waals surface area contributed by atoms with E-state index in [1.54, 1.807) is 6.20 Å². The van der Waals surface area contributed by atoms with Gasteiger partial charge < -0.3 is 10.2 Å². The second kappa shape index (κ2) is 7.69. The number of carbonyl (C=O) groups excluding carboxylic acids is 1. The second-order valence-electron chi connectivity index (χ2n) is 7.06. The first-order valence-corrected chi connectivity index (χ1v) is 9.34. The van der Waals surface area contributed by atoms with Gasteiger partial charge in [-0.15, -0.1) is 0 Å². The van der Waals surface area contributed by atoms with Crippen molar-refractivity contribution in [2.24, 2.45) is 5.92 Å². The summed E-state index contributed by atoms with van der Waals surface area (Å²) in [5, 5.41) is 3.95. The average Bonchev–Trinajstić information content (AvgIpc) is 2.73. The van der Waals surface area contributed by atoms with Crippen molar-refractivity contribution in [2.45, 2.75) is 19.0 Å². The van der Waals surface area contributed by atoms with Crippen LogP contribution in [0.15, 0.2) is 54.9 Å². The fourth-order valence-electron chi connectivity index (χ4n) is 3.50. The number of amides is 1. The molecule has 3 aromatic rings. The quantitative estimate of drug-likeness (QED) is 0.703. The summed E-state index contributed by atoms with van der Waals surface area (Å²) in [6.45, 7) is 1.13. The molecule has 29 heavy (non-hydrogen) atoms. The Balaban J connectivity index is 1.35. The van der Waals surface area contributed by atoms with Crippen molar-refractivity contribution in [2.75, 3.05) is 23.3 Å². The highest BCUT2D eigenvalue weighted by atomic mass is 19.4. The summed E-state index contributed by atoms with van der Waals surface area (Å²) in [6.07, 6.45) is -0.615. The summed E-state index contributed by atoms with van der Waals surface area (Å²) in [7, 11) is 0. The van der Waals surface area contributed by atoms with Gasteiger partial charge in [-0.2, -0.15) is 13.2 Å². The molecular formula is C21H19F3N4O. The number of piperidine rings is 1. The Morgan fingerprint density at radius 2 is 1.86 bits per heavy atom. The summed E-state index contributed by atoms with van der Waals surface area (Å²) in [6, 6.07) is 11.8. The third kappa shape index (κ3) is 4.31. The number of anilines is 2. The number of halogens is 3. The highest BCUT2D eigenvalue weighted by Crippen LogP contribution is 2.30. The van der Waals surface area contributed by atoms with Gasteiger partial charge in [-0.3, -0.25) is 9.78 Å². The molecule has 0 atom stereocenters. The van der Waals surface area contributed by atoms with E-state index < -0.39 is 11.7 Å². The number of nitrogens with one attached hydrogen (secondary N) is 1. The number of pyridine rings is 2. The number of rotatable bonds is 3. The molecule has 0 bridgehead atoms. The molecule has 1 aliphatic heterocycles. The molecule has 0 unspecified atom stereocenters. The summed E-state index contributed by atoms with van der Waals surface area (Å²) in [5.41, 5.74) is 0.752. The van der Waals surface area contributed by atoms with Crippen LogP contribution in [0.2, 0.25) is 0 Å². The zero-order chi connectivity index (χ0) is 20.4. The minimum absolute atomic E-state index is 0.0553. The lowest BCUT2D eigenvalue weighted by Gasteiger charge is -2.32. The normalized spacial score (nSPS) is 15.5. The van der Waals surface area contributed by atoms with E-state index in [1.165, 1.54) is 6.07 Å². The maximum Gasteiger partial charge on any atom is 0.417 e. The molecule has 0 spiro atoms. The lowest BCUT2D eigenvalue weighted by molar-refractivity contribution is -0.137. The third-order valence-electron chi connectivity index (χ3n) is 5.14. The molecule has 0 saturated carbocycles. The van der Waals surface area contributed by atoms with Gasteiger partial charge in [-0.05, 0) is 43.2 Å². The largest absolute Gasteiger partial charge is 0.417 e. The second-order valence-corrected chi connectivity index (χ2v) is 7.06. The molecule has 5 nitrogen and oxygen atoms in total. The molecule has 1 aromatic carbocycles. The number of carbonyl (C=O) groups is 1. The van der Waals surface area contributed by atoms with Crippen LogP contribution in [0.1, 0.15) is 18.4 Å². The number of benzene rings is 1. The Bertz CT molecular complexity index is 1010. The lowest BCUT2D eigenvalue weighted by atomic mass is 9.95. The molecule has 1 N–H and O–H groups in total. The van der Waals surface area contributed by atoms with Crippen LogP contribution < -0.4 is 10.2 Å². The molecule has 2 aromatic heterocycles. The van der Waals surface area contributed by atoms with E-state index in [-0.39, 0.29) is 11.8 Å². The number of alkyl halides is 3. The first-order chi connectivity index (χ1) is 13.9. The van der Waals surface area contributed by atoms with Gasteiger partial charge in [0.25, 0.3) is 0 Å². The van der Waals surface area contributed by atoms with E-state index in [0.29, 0.717) is 37.4 Å². The van der Waals surface area contributed by atoms with E-state index in [2.05, 4.69) is 15.3 Å². The van der Waals surface area contributed by atoms with Gasteiger partial charge in [0, 0.05) is 42.5 Å². The molecular weight excluding hydrogens is 381 g/mol. The van der Waals surface area contributed by atoms with Crippen LogP contribution in [0, 0.1) is 5.92 Å². The van der Waals surface area contributed by atoms with Crippen molar-refractivity contribution < 1.29 is 18.0 Å². The zero-order valence-corrected chi connectivity index (χ0v) is 15.5. The number of hydrogen-bond acceptors (Lipinski definition) is 4. The number of fused-ring (bicyclic) bond motifs is 1. The van der Waals surface area contributed by atoms with E-state index >= 15 is 0 Å². The molecule has 0 radical (unpaired) electrons. The molecule has 1 saturated heterocycles. The van der Waals surface area contributed by atoms with Crippen LogP contribution in [0.3, 0.4) is 0 Å². The molecule has 1 aliphatic rings. The van der Waals surface area contributed by atoms with E-state index in [4.69, 9.17) is 0 Å². The van der Waals surface area contributed by atoms with E-state index in [1.807, 2.05) is 35.2 Å². The maximum absolute atomic E-state index is 12.7. The minimum atomic E-state index is -4.39. The molecule has 150 valence electrons. The monoisotopic (exact) mass is 400 g/mol. The Morgan fingerprint density at radius 1 is 1.07 bits per heavy atom. The van der Waals surface area contributed by atoms with Crippen LogP contribution in [-0.4, -0.2) is 29.0 Å². The number of hydrogen-bond donors (Lipinski definition) is 1. The summed E-state index contributed by atoms with van der Waals surface area (Å²) < 4.78 is 38.0. The predicted molar refractivity (Wildman–Crippen MR) is 105 cm³/mol. The van der Waals surface area contributed by atoms with Crippen molar-refractivity contribution in [1.29, 1.82) is 0 Å². The van der Waals surface area contributed by atoms with Crippen LogP contribution in [-0.2, 0) is 11.0 Å². The smallest absolute Gasteiger partial charge is 0.357 e. The van der Waals surface area contributed by atoms with Crippen LogP contribution >= 0.6 is 0 Å². The zero-order valence-electron chi connectivity index (χ0n) is 15.5. The Morgan fingerprint density at radius 3 is 2.55 bits per heavy atom. The predicted octanol–water partition coefficient (Wildman–Crippen LogP) is 4.50. The van der Waals surface area contributed by atoms with E-state index in [9.17, 15) is 18.0 Å². The molecule has 4 rings (SSSR count). The minimum Gasteiger partial charge on any atom is -0.357 e. The van der Waals surface area contributed by atoms with Crippen LogP contribution in [0.5, 0.6) is 0 Å².